The maximum atomic E-state index is 12.4. The van der Waals surface area contributed by atoms with Gasteiger partial charge < -0.3 is 10.6 Å². The first-order valence-corrected chi connectivity index (χ1v) is 6.18. The van der Waals surface area contributed by atoms with Crippen molar-refractivity contribution in [2.75, 3.05) is 12.3 Å². The number of rotatable bonds is 5. The number of carbonyl (C=O) groups excluding carboxylic acids is 1. The van der Waals surface area contributed by atoms with E-state index in [4.69, 9.17) is 5.73 Å². The third-order valence-corrected chi connectivity index (χ3v) is 3.09. The lowest BCUT2D eigenvalue weighted by molar-refractivity contribution is 0.0688. The molecule has 0 aliphatic heterocycles. The SMILES string of the molecule is CCC(C)N(CC)C(=O)c1c(N)cnn1CC. The summed E-state index contributed by atoms with van der Waals surface area (Å²) in [6.07, 6.45) is 2.47. The molecule has 0 aliphatic rings. The molecule has 17 heavy (non-hydrogen) atoms. The lowest BCUT2D eigenvalue weighted by Crippen LogP contribution is -2.39. The fraction of sp³-hybridized carbons (Fsp3) is 0.667. The van der Waals surface area contributed by atoms with Gasteiger partial charge in [-0.3, -0.25) is 9.48 Å². The fourth-order valence-electron chi connectivity index (χ4n) is 1.89. The van der Waals surface area contributed by atoms with Gasteiger partial charge in [0.05, 0.1) is 11.9 Å². The van der Waals surface area contributed by atoms with Crippen LogP contribution in [0.5, 0.6) is 0 Å². The number of nitrogens with zero attached hydrogens (tertiary/aromatic N) is 3. The Bertz CT molecular complexity index is 386. The second-order valence-electron chi connectivity index (χ2n) is 4.11. The normalized spacial score (nSPS) is 12.5. The maximum Gasteiger partial charge on any atom is 0.274 e. The molecule has 1 unspecified atom stereocenters. The molecule has 0 radical (unpaired) electrons. The number of hydrogen-bond acceptors (Lipinski definition) is 3. The number of hydrogen-bond donors (Lipinski definition) is 1. The molecular formula is C12H22N4O. The summed E-state index contributed by atoms with van der Waals surface area (Å²) in [5.74, 6) is -0.0290. The maximum absolute atomic E-state index is 12.4. The van der Waals surface area contributed by atoms with Crippen molar-refractivity contribution >= 4 is 11.6 Å². The van der Waals surface area contributed by atoms with Crippen LogP contribution in [0.4, 0.5) is 5.69 Å². The highest BCUT2D eigenvalue weighted by Crippen LogP contribution is 2.16. The molecule has 0 fully saturated rings. The number of carbonyl (C=O) groups is 1. The van der Waals surface area contributed by atoms with Crippen molar-refractivity contribution in [1.82, 2.24) is 14.7 Å². The van der Waals surface area contributed by atoms with E-state index in [1.165, 1.54) is 0 Å². The van der Waals surface area contributed by atoms with E-state index in [2.05, 4.69) is 12.0 Å². The molecule has 0 aromatic carbocycles. The summed E-state index contributed by atoms with van der Waals surface area (Å²) in [7, 11) is 0. The van der Waals surface area contributed by atoms with Gasteiger partial charge in [-0.1, -0.05) is 6.92 Å². The number of anilines is 1. The van der Waals surface area contributed by atoms with Gasteiger partial charge in [0, 0.05) is 19.1 Å². The average Bonchev–Trinajstić information content (AvgIpc) is 2.70. The molecule has 1 aromatic heterocycles. The van der Waals surface area contributed by atoms with Gasteiger partial charge in [0.1, 0.15) is 5.69 Å². The molecule has 0 aliphatic carbocycles. The van der Waals surface area contributed by atoms with Crippen molar-refractivity contribution < 1.29 is 4.79 Å². The molecule has 1 atom stereocenters. The monoisotopic (exact) mass is 238 g/mol. The minimum absolute atomic E-state index is 0.0290. The first kappa shape index (κ1) is 13.5. The van der Waals surface area contributed by atoms with Crippen LogP contribution in [0, 0.1) is 0 Å². The van der Waals surface area contributed by atoms with E-state index >= 15 is 0 Å². The van der Waals surface area contributed by atoms with Crippen molar-refractivity contribution in [2.45, 2.75) is 46.7 Å². The zero-order valence-electron chi connectivity index (χ0n) is 11.1. The summed E-state index contributed by atoms with van der Waals surface area (Å²) in [4.78, 5) is 14.3. The van der Waals surface area contributed by atoms with E-state index in [1.807, 2.05) is 25.7 Å². The molecule has 2 N–H and O–H groups in total. The second-order valence-corrected chi connectivity index (χ2v) is 4.11. The van der Waals surface area contributed by atoms with Crippen molar-refractivity contribution in [3.8, 4) is 0 Å². The van der Waals surface area contributed by atoms with E-state index in [-0.39, 0.29) is 11.9 Å². The smallest absolute Gasteiger partial charge is 0.274 e. The molecule has 5 heteroatoms. The summed E-state index contributed by atoms with van der Waals surface area (Å²) in [6.45, 7) is 9.37. The first-order valence-electron chi connectivity index (χ1n) is 6.18. The Hall–Kier alpha value is -1.52. The van der Waals surface area contributed by atoms with Gasteiger partial charge in [-0.2, -0.15) is 5.10 Å². The average molecular weight is 238 g/mol. The number of amides is 1. The largest absolute Gasteiger partial charge is 0.396 e. The van der Waals surface area contributed by atoms with Gasteiger partial charge >= 0.3 is 0 Å². The fourth-order valence-corrected chi connectivity index (χ4v) is 1.89. The van der Waals surface area contributed by atoms with Crippen molar-refractivity contribution in [3.05, 3.63) is 11.9 Å². The van der Waals surface area contributed by atoms with E-state index in [1.54, 1.807) is 10.9 Å². The van der Waals surface area contributed by atoms with E-state index in [0.717, 1.165) is 6.42 Å². The van der Waals surface area contributed by atoms with Crippen LogP contribution in [0.1, 0.15) is 44.6 Å². The summed E-state index contributed by atoms with van der Waals surface area (Å²) < 4.78 is 1.66. The Labute approximate surface area is 103 Å². The van der Waals surface area contributed by atoms with Crippen molar-refractivity contribution in [2.24, 2.45) is 0 Å². The molecular weight excluding hydrogens is 216 g/mol. The minimum atomic E-state index is -0.0290. The highest BCUT2D eigenvalue weighted by atomic mass is 16.2. The van der Waals surface area contributed by atoms with Crippen LogP contribution in [0.15, 0.2) is 6.20 Å². The number of aryl methyl sites for hydroxylation is 1. The van der Waals surface area contributed by atoms with E-state index in [0.29, 0.717) is 24.5 Å². The topological polar surface area (TPSA) is 64.2 Å². The molecule has 0 saturated carbocycles. The summed E-state index contributed by atoms with van der Waals surface area (Å²) in [5, 5.41) is 4.10. The van der Waals surface area contributed by atoms with Gasteiger partial charge in [-0.15, -0.1) is 0 Å². The number of aromatic nitrogens is 2. The Kier molecular flexibility index (Phi) is 4.54. The highest BCUT2D eigenvalue weighted by Gasteiger charge is 2.24. The van der Waals surface area contributed by atoms with Crippen LogP contribution in [0.2, 0.25) is 0 Å². The predicted octanol–water partition coefficient (Wildman–Crippen LogP) is 1.75. The number of nitrogen functional groups attached to an aromatic ring is 1. The molecule has 5 nitrogen and oxygen atoms in total. The van der Waals surface area contributed by atoms with Crippen molar-refractivity contribution in [3.63, 3.8) is 0 Å². The molecule has 96 valence electrons. The van der Waals surface area contributed by atoms with E-state index in [9.17, 15) is 4.79 Å². The third kappa shape index (κ3) is 2.60. The Balaban J connectivity index is 3.05. The minimum Gasteiger partial charge on any atom is -0.396 e. The Morgan fingerprint density at radius 3 is 2.65 bits per heavy atom. The summed E-state index contributed by atoms with van der Waals surface area (Å²) in [6, 6.07) is 0.215. The van der Waals surface area contributed by atoms with Crippen LogP contribution in [-0.2, 0) is 6.54 Å². The Morgan fingerprint density at radius 1 is 1.53 bits per heavy atom. The zero-order valence-corrected chi connectivity index (χ0v) is 11.1. The Morgan fingerprint density at radius 2 is 2.18 bits per heavy atom. The van der Waals surface area contributed by atoms with Gasteiger partial charge in [0.25, 0.3) is 5.91 Å². The predicted molar refractivity (Wildman–Crippen MR) is 68.8 cm³/mol. The summed E-state index contributed by atoms with van der Waals surface area (Å²) in [5.41, 5.74) is 6.79. The molecule has 1 aromatic rings. The second kappa shape index (κ2) is 5.70. The molecule has 1 rings (SSSR count). The van der Waals surface area contributed by atoms with Crippen LogP contribution in [0.25, 0.3) is 0 Å². The van der Waals surface area contributed by atoms with Crippen molar-refractivity contribution in [1.29, 1.82) is 0 Å². The van der Waals surface area contributed by atoms with Gasteiger partial charge in [0.2, 0.25) is 0 Å². The lowest BCUT2D eigenvalue weighted by atomic mass is 10.2. The van der Waals surface area contributed by atoms with Crippen LogP contribution >= 0.6 is 0 Å². The standard InChI is InChI=1S/C12H22N4O/c1-5-9(4)15(6-2)12(17)11-10(13)8-14-16(11)7-3/h8-9H,5-7,13H2,1-4H3. The molecule has 0 bridgehead atoms. The van der Waals surface area contributed by atoms with Gasteiger partial charge in [-0.25, -0.2) is 0 Å². The van der Waals surface area contributed by atoms with Crippen LogP contribution < -0.4 is 5.73 Å². The quantitative estimate of drug-likeness (QED) is 0.850. The van der Waals surface area contributed by atoms with Gasteiger partial charge in [-0.05, 0) is 27.2 Å². The molecule has 0 saturated heterocycles. The molecule has 1 heterocycles. The van der Waals surface area contributed by atoms with Crippen LogP contribution in [0.3, 0.4) is 0 Å². The molecule has 1 amide bonds. The lowest BCUT2D eigenvalue weighted by Gasteiger charge is -2.27. The number of nitrogens with two attached hydrogens (primary N) is 1. The van der Waals surface area contributed by atoms with E-state index < -0.39 is 0 Å². The zero-order chi connectivity index (χ0) is 13.0. The highest BCUT2D eigenvalue weighted by molar-refractivity contribution is 5.97. The van der Waals surface area contributed by atoms with Crippen LogP contribution in [-0.4, -0.2) is 33.2 Å². The first-order chi connectivity index (χ1) is 8.06. The third-order valence-electron chi connectivity index (χ3n) is 3.09. The summed E-state index contributed by atoms with van der Waals surface area (Å²) >= 11 is 0. The molecule has 0 spiro atoms. The van der Waals surface area contributed by atoms with Gasteiger partial charge in [0.15, 0.2) is 0 Å².